The first-order valence-corrected chi connectivity index (χ1v) is 5.92. The van der Waals surface area contributed by atoms with E-state index in [1.165, 1.54) is 0 Å². The molecule has 0 atom stereocenters. The number of aliphatic hydroxyl groups is 1. The first-order valence-electron chi connectivity index (χ1n) is 5.54. The third kappa shape index (κ3) is 3.92. The second-order valence-corrected chi connectivity index (χ2v) is 5.01. The molecule has 0 unspecified atom stereocenters. The van der Waals surface area contributed by atoms with Crippen LogP contribution in [0.4, 0.5) is 5.69 Å². The third-order valence-corrected chi connectivity index (χ3v) is 2.71. The Kier molecular flexibility index (Phi) is 4.39. The highest BCUT2D eigenvalue weighted by molar-refractivity contribution is 6.32. The molecule has 0 aliphatic heterocycles. The zero-order valence-corrected chi connectivity index (χ0v) is 11.1. The topological polar surface area (TPSA) is 47.3 Å². The number of nitriles is 1. The largest absolute Gasteiger partial charge is 0.389 e. The van der Waals surface area contributed by atoms with E-state index >= 15 is 0 Å². The molecule has 0 saturated heterocycles. The van der Waals surface area contributed by atoms with Crippen molar-refractivity contribution in [2.24, 2.45) is 0 Å². The van der Waals surface area contributed by atoms with Crippen LogP contribution in [0.1, 0.15) is 26.3 Å². The molecule has 0 spiro atoms. The van der Waals surface area contributed by atoms with Crippen molar-refractivity contribution >= 4 is 17.3 Å². The fourth-order valence-corrected chi connectivity index (χ4v) is 1.86. The average molecular weight is 253 g/mol. The molecule has 1 N–H and O–H groups in total. The summed E-state index contributed by atoms with van der Waals surface area (Å²) in [6.07, 6.45) is 0. The van der Waals surface area contributed by atoms with Crippen molar-refractivity contribution in [1.82, 2.24) is 0 Å². The zero-order valence-electron chi connectivity index (χ0n) is 10.4. The lowest BCUT2D eigenvalue weighted by molar-refractivity contribution is 0.0876. The Bertz CT molecular complexity index is 432. The number of likely N-dealkylation sites (N-methyl/N-ethyl adjacent to an activating group) is 1. The quantitative estimate of drug-likeness (QED) is 0.896. The lowest BCUT2D eigenvalue weighted by Crippen LogP contribution is -2.38. The highest BCUT2D eigenvalue weighted by Crippen LogP contribution is 2.24. The van der Waals surface area contributed by atoms with E-state index in [0.29, 0.717) is 17.1 Å². The molecule has 0 fully saturated rings. The Hall–Kier alpha value is -1.24. The molecule has 1 aromatic carbocycles. The van der Waals surface area contributed by atoms with Gasteiger partial charge in [0.25, 0.3) is 0 Å². The molecule has 0 radical (unpaired) electrons. The maximum atomic E-state index is 9.82. The molecule has 1 rings (SSSR count). The third-order valence-electron chi connectivity index (χ3n) is 2.40. The number of benzene rings is 1. The number of rotatable bonds is 4. The molecule has 0 heterocycles. The van der Waals surface area contributed by atoms with Gasteiger partial charge in [-0.25, -0.2) is 0 Å². The van der Waals surface area contributed by atoms with Gasteiger partial charge in [0.05, 0.1) is 16.2 Å². The van der Waals surface area contributed by atoms with Crippen LogP contribution >= 0.6 is 11.6 Å². The van der Waals surface area contributed by atoms with Crippen LogP contribution in [0.2, 0.25) is 5.02 Å². The van der Waals surface area contributed by atoms with Crippen molar-refractivity contribution in [1.29, 1.82) is 5.26 Å². The summed E-state index contributed by atoms with van der Waals surface area (Å²) < 4.78 is 0. The minimum absolute atomic E-state index is 0.444. The predicted molar refractivity (Wildman–Crippen MR) is 70.4 cm³/mol. The van der Waals surface area contributed by atoms with Crippen LogP contribution in [0, 0.1) is 11.3 Å². The molecule has 0 saturated carbocycles. The minimum Gasteiger partial charge on any atom is -0.389 e. The summed E-state index contributed by atoms with van der Waals surface area (Å²) in [5.41, 5.74) is 0.615. The smallest absolute Gasteiger partial charge is 0.101 e. The molecule has 1 aromatic rings. The summed E-state index contributed by atoms with van der Waals surface area (Å²) >= 11 is 5.99. The Morgan fingerprint density at radius 2 is 2.12 bits per heavy atom. The van der Waals surface area contributed by atoms with E-state index < -0.39 is 5.60 Å². The van der Waals surface area contributed by atoms with Gasteiger partial charge in [0, 0.05) is 18.8 Å². The van der Waals surface area contributed by atoms with Crippen molar-refractivity contribution in [3.8, 4) is 6.07 Å². The molecule has 92 valence electrons. The van der Waals surface area contributed by atoms with Gasteiger partial charge in [0.15, 0.2) is 0 Å². The van der Waals surface area contributed by atoms with Crippen LogP contribution < -0.4 is 4.90 Å². The lowest BCUT2D eigenvalue weighted by Gasteiger charge is -2.30. The van der Waals surface area contributed by atoms with Gasteiger partial charge in [0.2, 0.25) is 0 Å². The zero-order chi connectivity index (χ0) is 13.1. The Balaban J connectivity index is 2.98. The lowest BCUT2D eigenvalue weighted by atomic mass is 10.1. The minimum atomic E-state index is -0.767. The van der Waals surface area contributed by atoms with Crippen LogP contribution in [0.25, 0.3) is 0 Å². The molecule has 0 aliphatic rings. The van der Waals surface area contributed by atoms with Crippen LogP contribution in [-0.2, 0) is 0 Å². The summed E-state index contributed by atoms with van der Waals surface area (Å²) in [5.74, 6) is 0. The first kappa shape index (κ1) is 13.8. The summed E-state index contributed by atoms with van der Waals surface area (Å²) in [4.78, 5) is 2.02. The Morgan fingerprint density at radius 3 is 2.53 bits per heavy atom. The molecular formula is C13H17ClN2O. The summed E-state index contributed by atoms with van der Waals surface area (Å²) in [5, 5.41) is 19.1. The predicted octanol–water partition coefficient (Wildman–Crippen LogP) is 2.81. The number of halogens is 1. The molecule has 0 amide bonds. The van der Waals surface area contributed by atoms with E-state index in [9.17, 15) is 5.11 Å². The van der Waals surface area contributed by atoms with E-state index in [-0.39, 0.29) is 0 Å². The second kappa shape index (κ2) is 5.39. The highest BCUT2D eigenvalue weighted by atomic mass is 35.5. The van der Waals surface area contributed by atoms with Crippen molar-refractivity contribution in [3.05, 3.63) is 28.8 Å². The van der Waals surface area contributed by atoms with Gasteiger partial charge in [-0.05, 0) is 39.0 Å². The summed E-state index contributed by atoms with van der Waals surface area (Å²) in [7, 11) is 0. The van der Waals surface area contributed by atoms with E-state index in [1.54, 1.807) is 26.0 Å². The van der Waals surface area contributed by atoms with Gasteiger partial charge in [-0.2, -0.15) is 5.26 Å². The van der Waals surface area contributed by atoms with Gasteiger partial charge in [0.1, 0.15) is 6.07 Å². The van der Waals surface area contributed by atoms with Crippen molar-refractivity contribution in [2.45, 2.75) is 26.4 Å². The maximum Gasteiger partial charge on any atom is 0.101 e. The van der Waals surface area contributed by atoms with Crippen molar-refractivity contribution in [3.63, 3.8) is 0 Å². The van der Waals surface area contributed by atoms with Crippen molar-refractivity contribution < 1.29 is 5.11 Å². The molecule has 4 heteroatoms. The molecule has 17 heavy (non-hydrogen) atoms. The van der Waals surface area contributed by atoms with Gasteiger partial charge in [-0.3, -0.25) is 0 Å². The standard InChI is InChI=1S/C13H17ClN2O/c1-4-16(9-13(2,3)17)11-6-5-10(8-15)12(14)7-11/h5-7,17H,4,9H2,1-3H3. The molecular weight excluding hydrogens is 236 g/mol. The average Bonchev–Trinajstić information content (AvgIpc) is 2.24. The molecule has 0 bridgehead atoms. The maximum absolute atomic E-state index is 9.82. The van der Waals surface area contributed by atoms with E-state index in [1.807, 2.05) is 24.0 Å². The van der Waals surface area contributed by atoms with E-state index in [0.717, 1.165) is 12.2 Å². The molecule has 0 aromatic heterocycles. The summed E-state index contributed by atoms with van der Waals surface area (Å²) in [6.45, 7) is 6.83. The Labute approximate surface area is 107 Å². The molecule has 0 aliphatic carbocycles. The SMILES string of the molecule is CCN(CC(C)(C)O)c1ccc(C#N)c(Cl)c1. The monoisotopic (exact) mass is 252 g/mol. The van der Waals surface area contributed by atoms with Gasteiger partial charge in [-0.15, -0.1) is 0 Å². The van der Waals surface area contributed by atoms with Gasteiger partial charge >= 0.3 is 0 Å². The number of hydrogen-bond acceptors (Lipinski definition) is 3. The van der Waals surface area contributed by atoms with E-state index in [4.69, 9.17) is 16.9 Å². The van der Waals surface area contributed by atoms with Gasteiger partial charge in [-0.1, -0.05) is 11.6 Å². The fraction of sp³-hybridized carbons (Fsp3) is 0.462. The van der Waals surface area contributed by atoms with Crippen LogP contribution in [0.15, 0.2) is 18.2 Å². The highest BCUT2D eigenvalue weighted by Gasteiger charge is 2.18. The van der Waals surface area contributed by atoms with Crippen LogP contribution in [0.3, 0.4) is 0 Å². The number of anilines is 1. The van der Waals surface area contributed by atoms with Gasteiger partial charge < -0.3 is 10.0 Å². The number of hydrogen-bond donors (Lipinski definition) is 1. The van der Waals surface area contributed by atoms with Crippen molar-refractivity contribution in [2.75, 3.05) is 18.0 Å². The first-order chi connectivity index (χ1) is 7.87. The second-order valence-electron chi connectivity index (χ2n) is 4.60. The van der Waals surface area contributed by atoms with Crippen LogP contribution in [-0.4, -0.2) is 23.8 Å². The normalized spacial score (nSPS) is 11.1. The van der Waals surface area contributed by atoms with Crippen LogP contribution in [0.5, 0.6) is 0 Å². The summed E-state index contributed by atoms with van der Waals surface area (Å²) in [6, 6.07) is 7.33. The molecule has 3 nitrogen and oxygen atoms in total. The van der Waals surface area contributed by atoms with E-state index in [2.05, 4.69) is 0 Å². The number of nitrogens with zero attached hydrogens (tertiary/aromatic N) is 2. The Morgan fingerprint density at radius 1 is 1.47 bits per heavy atom. The fourth-order valence-electron chi connectivity index (χ4n) is 1.64.